The number of aromatic amines is 2. The second kappa shape index (κ2) is 6.09. The lowest BCUT2D eigenvalue weighted by Gasteiger charge is -2.20. The molecule has 0 saturated heterocycles. The predicted octanol–water partition coefficient (Wildman–Crippen LogP) is -0.0512. The Labute approximate surface area is 131 Å². The minimum Gasteiger partial charge on any atom is -0.395 e. The Balaban J connectivity index is 2.05. The van der Waals surface area contributed by atoms with E-state index in [1.165, 1.54) is 4.57 Å². The van der Waals surface area contributed by atoms with Gasteiger partial charge in [-0.2, -0.15) is 4.98 Å². The highest BCUT2D eigenvalue weighted by atomic mass is 16.3. The summed E-state index contributed by atoms with van der Waals surface area (Å²) >= 11 is 0. The molecule has 0 amide bonds. The Hall–Kier alpha value is -2.87. The summed E-state index contributed by atoms with van der Waals surface area (Å²) in [7, 11) is 1.54. The molecule has 0 radical (unpaired) electrons. The number of imidazole rings is 1. The van der Waals surface area contributed by atoms with Gasteiger partial charge in [0.15, 0.2) is 11.2 Å². The van der Waals surface area contributed by atoms with Gasteiger partial charge in [-0.3, -0.25) is 14.3 Å². The molecule has 0 aliphatic carbocycles. The van der Waals surface area contributed by atoms with Gasteiger partial charge >= 0.3 is 5.69 Å². The number of benzene rings is 1. The Bertz CT molecular complexity index is 926. The molecule has 8 heteroatoms. The van der Waals surface area contributed by atoms with E-state index in [4.69, 9.17) is 0 Å². The van der Waals surface area contributed by atoms with Crippen LogP contribution in [0, 0.1) is 0 Å². The first-order valence-electron chi connectivity index (χ1n) is 7.19. The molecule has 0 bridgehead atoms. The Morgan fingerprint density at radius 2 is 1.96 bits per heavy atom. The van der Waals surface area contributed by atoms with Crippen LogP contribution >= 0.6 is 0 Å². The molecule has 3 N–H and O–H groups in total. The number of nitrogens with one attached hydrogen (secondary N) is 2. The molecule has 3 rings (SSSR count). The fourth-order valence-corrected chi connectivity index (χ4v) is 2.43. The van der Waals surface area contributed by atoms with Crippen LogP contribution in [0.2, 0.25) is 0 Å². The molecule has 120 valence electrons. The van der Waals surface area contributed by atoms with Crippen LogP contribution in [0.25, 0.3) is 11.2 Å². The van der Waals surface area contributed by atoms with E-state index >= 15 is 0 Å². The summed E-state index contributed by atoms with van der Waals surface area (Å²) in [4.78, 5) is 34.9. The highest BCUT2D eigenvalue weighted by molar-refractivity contribution is 5.72. The summed E-state index contributed by atoms with van der Waals surface area (Å²) in [5, 5.41) is 9.30. The van der Waals surface area contributed by atoms with Crippen LogP contribution in [-0.2, 0) is 13.6 Å². The van der Waals surface area contributed by atoms with Gasteiger partial charge in [-0.25, -0.2) is 4.79 Å². The number of fused-ring (bicyclic) bond motifs is 1. The van der Waals surface area contributed by atoms with Crippen molar-refractivity contribution in [2.45, 2.75) is 6.54 Å². The second-order valence-electron chi connectivity index (χ2n) is 5.21. The van der Waals surface area contributed by atoms with E-state index < -0.39 is 11.2 Å². The van der Waals surface area contributed by atoms with Crippen molar-refractivity contribution >= 4 is 17.1 Å². The lowest BCUT2D eigenvalue weighted by molar-refractivity contribution is 0.301. The maximum atomic E-state index is 11.9. The number of hydrogen-bond acceptors (Lipinski definition) is 5. The Morgan fingerprint density at radius 3 is 2.65 bits per heavy atom. The summed E-state index contributed by atoms with van der Waals surface area (Å²) in [6, 6.07) is 9.72. The maximum Gasteiger partial charge on any atom is 0.329 e. The summed E-state index contributed by atoms with van der Waals surface area (Å²) in [5.74, 6) is 0.435. The van der Waals surface area contributed by atoms with E-state index in [0.717, 1.165) is 5.56 Å². The molecule has 0 aliphatic heterocycles. The SMILES string of the molecule is Cn1c(=O)[nH]c(=O)c2[nH]c(N(CCO)Cc3ccccc3)nc21. The van der Waals surface area contributed by atoms with E-state index in [1.807, 2.05) is 35.2 Å². The van der Waals surface area contributed by atoms with Gasteiger partial charge in [0.05, 0.1) is 6.61 Å². The fourth-order valence-electron chi connectivity index (χ4n) is 2.43. The molecular weight excluding hydrogens is 298 g/mol. The van der Waals surface area contributed by atoms with E-state index in [-0.39, 0.29) is 17.8 Å². The Kier molecular flexibility index (Phi) is 3.98. The van der Waals surface area contributed by atoms with Crippen LogP contribution < -0.4 is 16.1 Å². The number of anilines is 1. The van der Waals surface area contributed by atoms with Gasteiger partial charge in [-0.05, 0) is 5.56 Å². The number of hydrogen-bond donors (Lipinski definition) is 3. The maximum absolute atomic E-state index is 11.9. The minimum absolute atomic E-state index is 0.0564. The normalized spacial score (nSPS) is 11.0. The third-order valence-electron chi connectivity index (χ3n) is 3.63. The zero-order valence-corrected chi connectivity index (χ0v) is 12.6. The van der Waals surface area contributed by atoms with Crippen LogP contribution in [-0.4, -0.2) is 37.8 Å². The van der Waals surface area contributed by atoms with Crippen molar-refractivity contribution in [1.82, 2.24) is 19.5 Å². The van der Waals surface area contributed by atoms with Crippen molar-refractivity contribution in [2.75, 3.05) is 18.1 Å². The van der Waals surface area contributed by atoms with Crippen LogP contribution in [0.5, 0.6) is 0 Å². The van der Waals surface area contributed by atoms with Gasteiger partial charge in [0.2, 0.25) is 5.95 Å². The van der Waals surface area contributed by atoms with Crippen molar-refractivity contribution in [3.05, 3.63) is 56.7 Å². The Morgan fingerprint density at radius 1 is 1.22 bits per heavy atom. The van der Waals surface area contributed by atoms with Gasteiger partial charge in [0, 0.05) is 20.1 Å². The van der Waals surface area contributed by atoms with Gasteiger partial charge in [-0.1, -0.05) is 30.3 Å². The smallest absolute Gasteiger partial charge is 0.329 e. The average Bonchev–Trinajstić information content (AvgIpc) is 2.99. The van der Waals surface area contributed by atoms with Gasteiger partial charge in [-0.15, -0.1) is 0 Å². The van der Waals surface area contributed by atoms with Crippen molar-refractivity contribution < 1.29 is 5.11 Å². The number of H-pyrrole nitrogens is 2. The van der Waals surface area contributed by atoms with Crippen LogP contribution in [0.1, 0.15) is 5.56 Å². The molecule has 0 atom stereocenters. The van der Waals surface area contributed by atoms with Gasteiger partial charge < -0.3 is 15.0 Å². The van der Waals surface area contributed by atoms with Crippen molar-refractivity contribution in [3.63, 3.8) is 0 Å². The molecule has 0 aliphatic rings. The predicted molar refractivity (Wildman–Crippen MR) is 86.5 cm³/mol. The molecule has 23 heavy (non-hydrogen) atoms. The third kappa shape index (κ3) is 2.88. The van der Waals surface area contributed by atoms with E-state index in [2.05, 4.69) is 15.0 Å². The molecule has 2 heterocycles. The molecule has 3 aromatic rings. The van der Waals surface area contributed by atoms with Crippen molar-refractivity contribution in [2.24, 2.45) is 7.05 Å². The highest BCUT2D eigenvalue weighted by Gasteiger charge is 2.15. The number of aryl methyl sites for hydroxylation is 1. The second-order valence-corrected chi connectivity index (χ2v) is 5.21. The summed E-state index contributed by atoms with van der Waals surface area (Å²) < 4.78 is 1.27. The number of rotatable bonds is 5. The molecular formula is C15H17N5O3. The lowest BCUT2D eigenvalue weighted by Crippen LogP contribution is -2.28. The fraction of sp³-hybridized carbons (Fsp3) is 0.267. The number of nitrogens with zero attached hydrogens (tertiary/aromatic N) is 3. The van der Waals surface area contributed by atoms with Crippen molar-refractivity contribution in [3.8, 4) is 0 Å². The summed E-state index contributed by atoms with van der Waals surface area (Å²) in [6.45, 7) is 0.812. The van der Waals surface area contributed by atoms with E-state index in [1.54, 1.807) is 7.05 Å². The molecule has 0 unspecified atom stereocenters. The lowest BCUT2D eigenvalue weighted by atomic mass is 10.2. The molecule has 2 aromatic heterocycles. The zero-order valence-electron chi connectivity index (χ0n) is 12.6. The summed E-state index contributed by atoms with van der Waals surface area (Å²) in [5.41, 5.74) is 0.537. The molecule has 8 nitrogen and oxygen atoms in total. The first kappa shape index (κ1) is 15.0. The molecule has 0 spiro atoms. The highest BCUT2D eigenvalue weighted by Crippen LogP contribution is 2.16. The van der Waals surface area contributed by atoms with E-state index in [0.29, 0.717) is 19.0 Å². The molecule has 0 saturated carbocycles. The quantitative estimate of drug-likeness (QED) is 0.612. The zero-order chi connectivity index (χ0) is 16.4. The molecule has 1 aromatic carbocycles. The van der Waals surface area contributed by atoms with Crippen molar-refractivity contribution in [1.29, 1.82) is 0 Å². The van der Waals surface area contributed by atoms with Crippen LogP contribution in [0.3, 0.4) is 0 Å². The number of aliphatic hydroxyl groups excluding tert-OH is 1. The standard InChI is InChI=1S/C15H17N5O3/c1-19-12-11(13(22)18-15(19)23)16-14(17-12)20(7-8-21)9-10-5-3-2-4-6-10/h2-6,21H,7-9H2,1H3,(H,16,17)(H,18,22,23). The first-order valence-corrected chi connectivity index (χ1v) is 7.19. The van der Waals surface area contributed by atoms with E-state index in [9.17, 15) is 14.7 Å². The van der Waals surface area contributed by atoms with Crippen LogP contribution in [0.15, 0.2) is 39.9 Å². The van der Waals surface area contributed by atoms with Gasteiger partial charge in [0.25, 0.3) is 5.56 Å². The largest absolute Gasteiger partial charge is 0.395 e. The first-order chi connectivity index (χ1) is 11.1. The number of aromatic nitrogens is 4. The van der Waals surface area contributed by atoms with Crippen LogP contribution in [0.4, 0.5) is 5.95 Å². The van der Waals surface area contributed by atoms with Gasteiger partial charge in [0.1, 0.15) is 0 Å². The average molecular weight is 315 g/mol. The third-order valence-corrected chi connectivity index (χ3v) is 3.63. The number of aliphatic hydroxyl groups is 1. The summed E-state index contributed by atoms with van der Waals surface area (Å²) in [6.07, 6.45) is 0. The topological polar surface area (TPSA) is 107 Å². The minimum atomic E-state index is -0.516. The monoisotopic (exact) mass is 315 g/mol. The molecule has 0 fully saturated rings.